The van der Waals surface area contributed by atoms with Gasteiger partial charge < -0.3 is 14.2 Å². The van der Waals surface area contributed by atoms with E-state index in [1.54, 1.807) is 18.6 Å². The zero-order valence-corrected chi connectivity index (χ0v) is 22.9. The molecule has 2 aliphatic rings. The third-order valence-electron chi connectivity index (χ3n) is 8.34. The van der Waals surface area contributed by atoms with Crippen molar-refractivity contribution in [3.63, 3.8) is 0 Å². The van der Waals surface area contributed by atoms with Crippen LogP contribution in [0.4, 0.5) is 5.95 Å². The molecule has 0 spiro atoms. The number of aromatic nitrogens is 7. The standard InChI is InChI=1S/C30H32N8O3/c1-19-7-9-20(10-8-19)17-38-27-22(34-29(38)37-13-14-40-18-25(37)21-5-3-2-4-6-21)15-23(28-35-30(39)41-36-28)33-26(27)24-16-31-11-12-32-24/h2-6,11-12,15-16,19-20,25H,7-10,13-14,17-18H2,1H3,(H,35,36,39)/t19-,20-,25-/m0/s1. The third-order valence-corrected chi connectivity index (χ3v) is 8.34. The Morgan fingerprint density at radius 2 is 1.90 bits per heavy atom. The van der Waals surface area contributed by atoms with Gasteiger partial charge in [0.2, 0.25) is 11.8 Å². The summed E-state index contributed by atoms with van der Waals surface area (Å²) in [5.74, 6) is 1.77. The Bertz CT molecular complexity index is 1690. The lowest BCUT2D eigenvalue weighted by atomic mass is 9.83. The lowest BCUT2D eigenvalue weighted by Crippen LogP contribution is -2.41. The van der Waals surface area contributed by atoms with Crippen molar-refractivity contribution in [3.05, 3.63) is 71.1 Å². The van der Waals surface area contributed by atoms with Crippen molar-refractivity contribution in [2.24, 2.45) is 11.8 Å². The molecule has 1 N–H and O–H groups in total. The molecule has 1 aliphatic heterocycles. The predicted molar refractivity (Wildman–Crippen MR) is 153 cm³/mol. The van der Waals surface area contributed by atoms with E-state index in [2.05, 4.69) is 60.8 Å². The highest BCUT2D eigenvalue weighted by atomic mass is 16.5. The molecule has 1 aromatic carbocycles. The van der Waals surface area contributed by atoms with Crippen LogP contribution in [-0.2, 0) is 11.3 Å². The summed E-state index contributed by atoms with van der Waals surface area (Å²) in [7, 11) is 0. The Labute approximate surface area is 236 Å². The van der Waals surface area contributed by atoms with Gasteiger partial charge in [0, 0.05) is 25.5 Å². The molecule has 5 aromatic rings. The number of rotatable bonds is 6. The van der Waals surface area contributed by atoms with Crippen molar-refractivity contribution < 1.29 is 9.26 Å². The lowest BCUT2D eigenvalue weighted by Gasteiger charge is -2.37. The zero-order valence-electron chi connectivity index (χ0n) is 22.9. The second-order valence-corrected chi connectivity index (χ2v) is 11.1. The first-order valence-electron chi connectivity index (χ1n) is 14.3. The maximum atomic E-state index is 11.8. The van der Waals surface area contributed by atoms with Crippen molar-refractivity contribution in [1.29, 1.82) is 0 Å². The molecule has 0 unspecified atom stereocenters. The average molecular weight is 553 g/mol. The molecule has 0 bridgehead atoms. The van der Waals surface area contributed by atoms with Gasteiger partial charge in [-0.05, 0) is 36.3 Å². The molecule has 1 atom stereocenters. The van der Waals surface area contributed by atoms with E-state index in [4.69, 9.17) is 19.2 Å². The van der Waals surface area contributed by atoms with Crippen LogP contribution in [0.25, 0.3) is 33.9 Å². The van der Waals surface area contributed by atoms with Crippen LogP contribution < -0.4 is 10.7 Å². The minimum absolute atomic E-state index is 0.0196. The molecule has 1 aliphatic carbocycles. The monoisotopic (exact) mass is 552 g/mol. The first-order chi connectivity index (χ1) is 20.1. The summed E-state index contributed by atoms with van der Waals surface area (Å²) in [5, 5.41) is 3.90. The van der Waals surface area contributed by atoms with Gasteiger partial charge >= 0.3 is 5.76 Å². The maximum Gasteiger partial charge on any atom is 0.439 e. The number of benzene rings is 1. The van der Waals surface area contributed by atoms with Gasteiger partial charge in [-0.25, -0.2) is 14.8 Å². The van der Waals surface area contributed by atoms with Gasteiger partial charge in [-0.3, -0.25) is 19.5 Å². The molecule has 11 nitrogen and oxygen atoms in total. The van der Waals surface area contributed by atoms with E-state index in [9.17, 15) is 4.79 Å². The van der Waals surface area contributed by atoms with Gasteiger partial charge in [0.1, 0.15) is 17.1 Å². The highest BCUT2D eigenvalue weighted by molar-refractivity contribution is 5.93. The van der Waals surface area contributed by atoms with Crippen LogP contribution in [-0.4, -0.2) is 54.4 Å². The fourth-order valence-corrected chi connectivity index (χ4v) is 6.16. The highest BCUT2D eigenvalue weighted by Crippen LogP contribution is 2.38. The number of ether oxygens (including phenoxy) is 1. The molecule has 5 heterocycles. The summed E-state index contributed by atoms with van der Waals surface area (Å²) < 4.78 is 13.1. The molecular formula is C30H32N8O3. The summed E-state index contributed by atoms with van der Waals surface area (Å²) in [5.41, 5.74) is 4.54. The Morgan fingerprint density at radius 3 is 2.66 bits per heavy atom. The van der Waals surface area contributed by atoms with E-state index < -0.39 is 5.76 Å². The lowest BCUT2D eigenvalue weighted by molar-refractivity contribution is 0.0927. The van der Waals surface area contributed by atoms with E-state index in [1.807, 2.05) is 12.1 Å². The van der Waals surface area contributed by atoms with Crippen LogP contribution in [0.2, 0.25) is 0 Å². The number of fused-ring (bicyclic) bond motifs is 1. The number of hydrogen-bond acceptors (Lipinski definition) is 9. The molecule has 1 saturated carbocycles. The van der Waals surface area contributed by atoms with Gasteiger partial charge in [0.25, 0.3) is 0 Å². The van der Waals surface area contributed by atoms with Crippen molar-refractivity contribution in [1.82, 2.24) is 34.6 Å². The normalized spacial score (nSPS) is 21.4. The van der Waals surface area contributed by atoms with Crippen molar-refractivity contribution in [3.8, 4) is 22.9 Å². The van der Waals surface area contributed by atoms with E-state index in [0.29, 0.717) is 42.8 Å². The van der Waals surface area contributed by atoms with Crippen molar-refractivity contribution >= 4 is 17.0 Å². The Hall–Kier alpha value is -4.38. The Balaban J connectivity index is 1.44. The number of morpholine rings is 1. The molecule has 1 saturated heterocycles. The fourth-order valence-electron chi connectivity index (χ4n) is 6.16. The first-order valence-corrected chi connectivity index (χ1v) is 14.3. The van der Waals surface area contributed by atoms with Gasteiger partial charge in [-0.2, -0.15) is 0 Å². The third kappa shape index (κ3) is 5.01. The number of nitrogens with zero attached hydrogens (tertiary/aromatic N) is 7. The van der Waals surface area contributed by atoms with Gasteiger partial charge in [-0.15, -0.1) is 0 Å². The van der Waals surface area contributed by atoms with E-state index in [1.165, 1.54) is 31.2 Å². The van der Waals surface area contributed by atoms with E-state index in [0.717, 1.165) is 29.4 Å². The van der Waals surface area contributed by atoms with Gasteiger partial charge in [0.05, 0.1) is 36.5 Å². The SMILES string of the molecule is C[C@H]1CC[C@H](Cn2c(N3CCOC[C@H]3c3ccccc3)nc3cc(-c4noc(=O)[nH]4)nc(-c4cnccn4)c32)CC1. The topological polar surface area (TPSA) is 128 Å². The van der Waals surface area contributed by atoms with Crippen LogP contribution in [0.1, 0.15) is 44.2 Å². The van der Waals surface area contributed by atoms with Crippen LogP contribution in [0.15, 0.2) is 64.3 Å². The van der Waals surface area contributed by atoms with Gasteiger partial charge in [-0.1, -0.05) is 55.3 Å². The Morgan fingerprint density at radius 1 is 1.05 bits per heavy atom. The summed E-state index contributed by atoms with van der Waals surface area (Å²) in [4.78, 5) is 35.9. The minimum atomic E-state index is -0.639. The molecular weight excluding hydrogens is 520 g/mol. The number of hydrogen-bond donors (Lipinski definition) is 1. The Kier molecular flexibility index (Phi) is 6.79. The summed E-state index contributed by atoms with van der Waals surface area (Å²) in [6.45, 7) is 5.08. The highest BCUT2D eigenvalue weighted by Gasteiger charge is 2.32. The van der Waals surface area contributed by atoms with Gasteiger partial charge in [0.15, 0.2) is 0 Å². The minimum Gasteiger partial charge on any atom is -0.377 e. The van der Waals surface area contributed by atoms with Crippen molar-refractivity contribution in [2.45, 2.75) is 45.2 Å². The molecule has 11 heteroatoms. The smallest absolute Gasteiger partial charge is 0.377 e. The first kappa shape index (κ1) is 25.6. The number of pyridine rings is 1. The zero-order chi connectivity index (χ0) is 27.8. The van der Waals surface area contributed by atoms with E-state index >= 15 is 0 Å². The molecule has 41 heavy (non-hydrogen) atoms. The van der Waals surface area contributed by atoms with Crippen LogP contribution in [0.3, 0.4) is 0 Å². The number of imidazole rings is 1. The number of H-pyrrole nitrogens is 1. The molecule has 0 radical (unpaired) electrons. The largest absolute Gasteiger partial charge is 0.439 e. The van der Waals surface area contributed by atoms with Crippen LogP contribution in [0, 0.1) is 11.8 Å². The fraction of sp³-hybridized carbons (Fsp3) is 0.400. The second-order valence-electron chi connectivity index (χ2n) is 11.1. The van der Waals surface area contributed by atoms with Crippen molar-refractivity contribution in [2.75, 3.05) is 24.7 Å². The molecule has 0 amide bonds. The summed E-state index contributed by atoms with van der Waals surface area (Å²) >= 11 is 0. The molecule has 7 rings (SSSR count). The summed E-state index contributed by atoms with van der Waals surface area (Å²) in [6, 6.07) is 12.3. The molecule has 4 aromatic heterocycles. The number of anilines is 1. The van der Waals surface area contributed by atoms with Crippen LogP contribution in [0.5, 0.6) is 0 Å². The molecule has 210 valence electrons. The number of aromatic amines is 1. The quantitative estimate of drug-likeness (QED) is 0.320. The average Bonchev–Trinajstić information content (AvgIpc) is 3.62. The number of nitrogens with one attached hydrogen (secondary N) is 1. The molecule has 2 fully saturated rings. The van der Waals surface area contributed by atoms with E-state index in [-0.39, 0.29) is 11.9 Å². The second kappa shape index (κ2) is 10.9. The van der Waals surface area contributed by atoms with Crippen LogP contribution >= 0.6 is 0 Å². The summed E-state index contributed by atoms with van der Waals surface area (Å²) in [6.07, 6.45) is 9.83. The predicted octanol–water partition coefficient (Wildman–Crippen LogP) is 4.64. The maximum absolute atomic E-state index is 11.8.